The molecular formula is C29H31Cl2N5O4. The molecule has 1 aliphatic heterocycles. The molecule has 0 N–H and O–H groups in total. The van der Waals surface area contributed by atoms with Crippen LogP contribution in [0.5, 0.6) is 5.75 Å². The van der Waals surface area contributed by atoms with Crippen molar-refractivity contribution >= 4 is 51.6 Å². The molecule has 3 heterocycles. The number of hydrogen-bond acceptors (Lipinski definition) is 7. The Morgan fingerprint density at radius 3 is 2.52 bits per heavy atom. The van der Waals surface area contributed by atoms with Gasteiger partial charge in [-0.15, -0.1) is 23.2 Å². The van der Waals surface area contributed by atoms with E-state index in [0.717, 1.165) is 6.42 Å². The first-order valence-corrected chi connectivity index (χ1v) is 14.4. The minimum Gasteiger partial charge on any atom is -0.486 e. The van der Waals surface area contributed by atoms with E-state index in [4.69, 9.17) is 27.9 Å². The van der Waals surface area contributed by atoms with Gasteiger partial charge in [-0.3, -0.25) is 19.1 Å². The van der Waals surface area contributed by atoms with Gasteiger partial charge in [-0.05, 0) is 49.4 Å². The smallest absolute Gasteiger partial charge is 0.245 e. The fourth-order valence-corrected chi connectivity index (χ4v) is 7.16. The number of ether oxygens (including phenoxy) is 1. The van der Waals surface area contributed by atoms with Crippen molar-refractivity contribution in [3.05, 3.63) is 48.2 Å². The summed E-state index contributed by atoms with van der Waals surface area (Å²) in [5.74, 6) is 1.18. The first-order chi connectivity index (χ1) is 19.0. The summed E-state index contributed by atoms with van der Waals surface area (Å²) in [5, 5.41) is 5.09. The summed E-state index contributed by atoms with van der Waals surface area (Å²) in [6.45, 7) is 5.59. The lowest BCUT2D eigenvalue weighted by atomic mass is 9.99. The van der Waals surface area contributed by atoms with E-state index < -0.39 is 10.4 Å². The van der Waals surface area contributed by atoms with E-state index in [9.17, 15) is 14.4 Å². The Bertz CT molecular complexity index is 1490. The van der Waals surface area contributed by atoms with Gasteiger partial charge in [-0.2, -0.15) is 5.10 Å². The number of fused-ring (bicyclic) bond motifs is 2. The highest BCUT2D eigenvalue weighted by atomic mass is 35.5. The molecule has 9 nitrogen and oxygen atoms in total. The van der Waals surface area contributed by atoms with Crippen molar-refractivity contribution in [2.75, 3.05) is 0 Å². The fourth-order valence-electron chi connectivity index (χ4n) is 6.25. The molecule has 2 aliphatic carbocycles. The lowest BCUT2D eigenvalue weighted by molar-refractivity contribution is -0.139. The zero-order valence-electron chi connectivity index (χ0n) is 22.6. The number of alkyl halides is 2. The van der Waals surface area contributed by atoms with E-state index in [2.05, 4.69) is 15.1 Å². The normalized spacial score (nSPS) is 25.5. The van der Waals surface area contributed by atoms with Gasteiger partial charge in [-0.25, -0.2) is 9.97 Å². The fraction of sp³-hybridized carbons (Fsp3) is 0.517. The van der Waals surface area contributed by atoms with Crippen molar-refractivity contribution < 1.29 is 19.1 Å². The molecule has 3 fully saturated rings. The van der Waals surface area contributed by atoms with Gasteiger partial charge in [0.15, 0.2) is 17.4 Å². The number of likely N-dealkylation sites (tertiary alicyclic amines) is 1. The number of ketones is 2. The van der Waals surface area contributed by atoms with Gasteiger partial charge < -0.3 is 9.64 Å². The molecule has 11 heteroatoms. The molecule has 40 heavy (non-hydrogen) atoms. The zero-order valence-corrected chi connectivity index (χ0v) is 24.2. The van der Waals surface area contributed by atoms with Crippen molar-refractivity contribution in [1.82, 2.24) is 24.6 Å². The number of amides is 1. The molecule has 0 spiro atoms. The number of nitrogens with zero attached hydrogens (tertiary/aromatic N) is 5. The second-order valence-corrected chi connectivity index (χ2v) is 13.1. The number of piperidine rings is 1. The van der Waals surface area contributed by atoms with Crippen LogP contribution in [-0.4, -0.2) is 58.5 Å². The Hall–Kier alpha value is -3.04. The SMILES string of the molecule is CC(=O)c1nn(CC(=O)N2[C@@H]3C[C@@H]3C[C@H]2C(=O)CC[C@H]2C(C)(C)C2(Cl)Cl)c2ccc(OCc3ncccn3)cc12. The van der Waals surface area contributed by atoms with E-state index in [-0.39, 0.29) is 53.7 Å². The minimum atomic E-state index is -0.809. The van der Waals surface area contributed by atoms with Gasteiger partial charge in [-0.1, -0.05) is 13.8 Å². The lowest BCUT2D eigenvalue weighted by Crippen LogP contribution is -2.44. The third kappa shape index (κ3) is 4.67. The number of Topliss-reactive ketones (excluding diaryl/α,β-unsaturated/α-hetero) is 2. The number of halogens is 2. The first-order valence-electron chi connectivity index (χ1n) is 13.6. The van der Waals surface area contributed by atoms with Crippen molar-refractivity contribution in [2.45, 2.75) is 76.0 Å². The van der Waals surface area contributed by atoms with E-state index in [1.807, 2.05) is 13.8 Å². The maximum absolute atomic E-state index is 13.6. The third-order valence-corrected chi connectivity index (χ3v) is 10.4. The summed E-state index contributed by atoms with van der Waals surface area (Å²) in [4.78, 5) is 49.4. The van der Waals surface area contributed by atoms with Crippen molar-refractivity contribution in [3.63, 3.8) is 0 Å². The highest BCUT2D eigenvalue weighted by Gasteiger charge is 2.69. The number of hydrogen-bond donors (Lipinski definition) is 0. The van der Waals surface area contributed by atoms with E-state index in [1.54, 1.807) is 46.2 Å². The summed E-state index contributed by atoms with van der Waals surface area (Å²) >= 11 is 12.8. The van der Waals surface area contributed by atoms with Crippen LogP contribution < -0.4 is 4.74 Å². The molecule has 1 aromatic carbocycles. The third-order valence-electron chi connectivity index (χ3n) is 8.86. The Labute approximate surface area is 242 Å². The molecule has 1 amide bonds. The second kappa shape index (κ2) is 9.80. The van der Waals surface area contributed by atoms with Crippen LogP contribution in [0.1, 0.15) is 62.8 Å². The van der Waals surface area contributed by atoms with Crippen LogP contribution >= 0.6 is 23.2 Å². The molecule has 1 saturated heterocycles. The van der Waals surface area contributed by atoms with Crippen LogP contribution in [0.25, 0.3) is 10.9 Å². The van der Waals surface area contributed by atoms with Crippen LogP contribution in [0.15, 0.2) is 36.7 Å². The number of aromatic nitrogens is 4. The van der Waals surface area contributed by atoms with Crippen LogP contribution in [0.4, 0.5) is 0 Å². The Morgan fingerprint density at radius 2 is 1.85 bits per heavy atom. The minimum absolute atomic E-state index is 0.0573. The van der Waals surface area contributed by atoms with Gasteiger partial charge >= 0.3 is 0 Å². The molecular weight excluding hydrogens is 553 g/mol. The molecule has 2 saturated carbocycles. The zero-order chi connectivity index (χ0) is 28.4. The summed E-state index contributed by atoms with van der Waals surface area (Å²) in [6, 6.07) is 6.69. The summed E-state index contributed by atoms with van der Waals surface area (Å²) in [5.41, 5.74) is 0.688. The van der Waals surface area contributed by atoms with Gasteiger partial charge in [0.2, 0.25) is 5.91 Å². The molecule has 4 atom stereocenters. The highest BCUT2D eigenvalue weighted by molar-refractivity contribution is 6.51. The average molecular weight is 585 g/mol. The average Bonchev–Trinajstić information content (AvgIpc) is 3.59. The molecule has 6 rings (SSSR count). The molecule has 2 aromatic heterocycles. The highest BCUT2D eigenvalue weighted by Crippen LogP contribution is 2.70. The summed E-state index contributed by atoms with van der Waals surface area (Å²) in [6.07, 6.45) is 5.86. The van der Waals surface area contributed by atoms with Gasteiger partial charge in [0.05, 0.1) is 11.6 Å². The van der Waals surface area contributed by atoms with Crippen LogP contribution in [0, 0.1) is 17.3 Å². The van der Waals surface area contributed by atoms with E-state index >= 15 is 0 Å². The molecule has 0 unspecified atom stereocenters. The van der Waals surface area contributed by atoms with Crippen molar-refractivity contribution in [1.29, 1.82) is 0 Å². The predicted octanol–water partition coefficient (Wildman–Crippen LogP) is 4.78. The maximum atomic E-state index is 13.6. The number of carbonyl (C=O) groups is 3. The standard InChI is InChI=1S/C29H31Cl2N5O4/c1-16(37)27-19-13-18(40-15-25-32-9-4-10-33-25)5-6-20(19)35(34-27)14-26(39)36-21-11-17(21)12-22(36)23(38)7-8-24-28(2,3)29(24,30)31/h4-6,9-10,13,17,21-22,24H,7-8,11-12,14-15H2,1-3H3/t17-,21-,22+,24+/m1/s1. The largest absolute Gasteiger partial charge is 0.486 e. The Morgan fingerprint density at radius 1 is 1.12 bits per heavy atom. The van der Waals surface area contributed by atoms with Crippen LogP contribution in [0.2, 0.25) is 0 Å². The van der Waals surface area contributed by atoms with Crippen LogP contribution in [-0.2, 0) is 22.7 Å². The number of benzene rings is 1. The Balaban J connectivity index is 1.17. The van der Waals surface area contributed by atoms with Gasteiger partial charge in [0.25, 0.3) is 0 Å². The molecule has 3 aliphatic rings. The second-order valence-electron chi connectivity index (χ2n) is 11.7. The van der Waals surface area contributed by atoms with Gasteiger partial charge in [0, 0.05) is 48.5 Å². The number of rotatable bonds is 10. The first kappa shape index (κ1) is 27.1. The lowest BCUT2D eigenvalue weighted by Gasteiger charge is -2.27. The van der Waals surface area contributed by atoms with E-state index in [1.165, 1.54) is 6.92 Å². The molecule has 0 radical (unpaired) electrons. The van der Waals surface area contributed by atoms with Crippen molar-refractivity contribution in [3.8, 4) is 5.75 Å². The van der Waals surface area contributed by atoms with E-state index in [0.29, 0.717) is 47.7 Å². The molecule has 210 valence electrons. The predicted molar refractivity (Wildman–Crippen MR) is 149 cm³/mol. The molecule has 0 bridgehead atoms. The topological polar surface area (TPSA) is 107 Å². The number of carbonyl (C=O) groups excluding carboxylic acids is 3. The van der Waals surface area contributed by atoms with Crippen molar-refractivity contribution in [2.24, 2.45) is 17.3 Å². The maximum Gasteiger partial charge on any atom is 0.245 e. The Kier molecular flexibility index (Phi) is 6.65. The van der Waals surface area contributed by atoms with Crippen LogP contribution in [0.3, 0.4) is 0 Å². The van der Waals surface area contributed by atoms with Gasteiger partial charge in [0.1, 0.15) is 28.9 Å². The quantitative estimate of drug-likeness (QED) is 0.250. The summed E-state index contributed by atoms with van der Waals surface area (Å²) < 4.78 is 6.58. The summed E-state index contributed by atoms with van der Waals surface area (Å²) in [7, 11) is 0. The monoisotopic (exact) mass is 583 g/mol. The molecule has 3 aromatic rings.